The molecule has 0 bridgehead atoms. The molecule has 1 heterocycles. The fraction of sp³-hybridized carbons (Fsp3) is 0.167. The van der Waals surface area contributed by atoms with Crippen LogP contribution in [0.1, 0.15) is 5.56 Å². The van der Waals surface area contributed by atoms with E-state index < -0.39 is 0 Å². The number of halogens is 2. The Morgan fingerprint density at radius 2 is 1.94 bits per heavy atom. The van der Waals surface area contributed by atoms with Crippen LogP contribution in [0.25, 0.3) is 0 Å². The van der Waals surface area contributed by atoms with Crippen molar-refractivity contribution in [3.8, 4) is 0 Å². The Morgan fingerprint density at radius 1 is 1.22 bits per heavy atom. The minimum Gasteiger partial charge on any atom is -0.368 e. The smallest absolute Gasteiger partial charge is 0.222 e. The van der Waals surface area contributed by atoms with Crippen molar-refractivity contribution < 1.29 is 0 Å². The van der Waals surface area contributed by atoms with E-state index in [2.05, 4.69) is 9.97 Å². The van der Waals surface area contributed by atoms with Crippen molar-refractivity contribution in [3.05, 3.63) is 46.1 Å². The molecule has 0 unspecified atom stereocenters. The average molecular weight is 283 g/mol. The minimum atomic E-state index is 0.195. The maximum Gasteiger partial charge on any atom is 0.222 e. The van der Waals surface area contributed by atoms with Gasteiger partial charge in [0.2, 0.25) is 5.95 Å². The van der Waals surface area contributed by atoms with Gasteiger partial charge in [-0.2, -0.15) is 4.98 Å². The Bertz CT molecular complexity index is 560. The van der Waals surface area contributed by atoms with Gasteiger partial charge in [-0.1, -0.05) is 41.4 Å². The van der Waals surface area contributed by atoms with E-state index in [1.54, 1.807) is 0 Å². The predicted octanol–water partition coefficient (Wildman–Crippen LogP) is 3.00. The second kappa shape index (κ2) is 5.42. The third kappa shape index (κ3) is 2.83. The van der Waals surface area contributed by atoms with E-state index in [1.165, 1.54) is 6.20 Å². The standard InChI is InChI=1S/C12H12Cl2N4/c1-18(7-8-4-2-3-5-9(8)13)11-10(14)6-16-12(15)17-11/h2-6H,7H2,1H3,(H2,15,16,17). The first-order chi connectivity index (χ1) is 8.58. The largest absolute Gasteiger partial charge is 0.368 e. The molecule has 0 amide bonds. The quantitative estimate of drug-likeness (QED) is 0.940. The third-order valence-electron chi connectivity index (χ3n) is 2.47. The van der Waals surface area contributed by atoms with Gasteiger partial charge in [0.15, 0.2) is 5.82 Å². The number of rotatable bonds is 3. The first-order valence-corrected chi connectivity index (χ1v) is 6.06. The van der Waals surface area contributed by atoms with E-state index in [0.29, 0.717) is 22.4 Å². The number of nitrogens with zero attached hydrogens (tertiary/aromatic N) is 3. The molecule has 6 heteroatoms. The van der Waals surface area contributed by atoms with Crippen LogP contribution in [-0.2, 0) is 6.54 Å². The molecular formula is C12H12Cl2N4. The highest BCUT2D eigenvalue weighted by molar-refractivity contribution is 6.33. The average Bonchev–Trinajstić information content (AvgIpc) is 2.35. The summed E-state index contributed by atoms with van der Waals surface area (Å²) in [6.45, 7) is 0.593. The molecular weight excluding hydrogens is 271 g/mol. The van der Waals surface area contributed by atoms with Crippen LogP contribution in [0.2, 0.25) is 10.0 Å². The lowest BCUT2D eigenvalue weighted by molar-refractivity contribution is 0.894. The number of benzene rings is 1. The SMILES string of the molecule is CN(Cc1ccccc1Cl)c1nc(N)ncc1Cl. The van der Waals surface area contributed by atoms with Crippen molar-refractivity contribution in [2.75, 3.05) is 17.7 Å². The van der Waals surface area contributed by atoms with Crippen molar-refractivity contribution in [3.63, 3.8) is 0 Å². The molecule has 0 fully saturated rings. The zero-order chi connectivity index (χ0) is 13.1. The maximum absolute atomic E-state index is 6.11. The van der Waals surface area contributed by atoms with E-state index in [1.807, 2.05) is 36.2 Å². The van der Waals surface area contributed by atoms with Crippen molar-refractivity contribution in [1.29, 1.82) is 0 Å². The van der Waals surface area contributed by atoms with Gasteiger partial charge in [0.25, 0.3) is 0 Å². The minimum absolute atomic E-state index is 0.195. The van der Waals surface area contributed by atoms with E-state index in [4.69, 9.17) is 28.9 Å². The maximum atomic E-state index is 6.11. The predicted molar refractivity (Wildman–Crippen MR) is 75.0 cm³/mol. The zero-order valence-corrected chi connectivity index (χ0v) is 11.3. The molecule has 0 spiro atoms. The lowest BCUT2D eigenvalue weighted by Crippen LogP contribution is -2.19. The molecule has 0 atom stereocenters. The highest BCUT2D eigenvalue weighted by Gasteiger charge is 2.11. The molecule has 0 aliphatic heterocycles. The summed E-state index contributed by atoms with van der Waals surface area (Å²) in [4.78, 5) is 9.82. The molecule has 1 aromatic carbocycles. The van der Waals surface area contributed by atoms with E-state index in [-0.39, 0.29) is 5.95 Å². The second-order valence-electron chi connectivity index (χ2n) is 3.85. The number of hydrogen-bond donors (Lipinski definition) is 1. The molecule has 0 radical (unpaired) electrons. The number of anilines is 2. The van der Waals surface area contributed by atoms with Crippen LogP contribution in [0.4, 0.5) is 11.8 Å². The van der Waals surface area contributed by atoms with Crippen LogP contribution < -0.4 is 10.6 Å². The fourth-order valence-corrected chi connectivity index (χ4v) is 2.03. The normalized spacial score (nSPS) is 10.4. The van der Waals surface area contributed by atoms with Gasteiger partial charge in [-0.15, -0.1) is 0 Å². The van der Waals surface area contributed by atoms with Crippen LogP contribution in [0.3, 0.4) is 0 Å². The summed E-state index contributed by atoms with van der Waals surface area (Å²) in [5, 5.41) is 1.17. The molecule has 0 aliphatic carbocycles. The van der Waals surface area contributed by atoms with Crippen LogP contribution in [0, 0.1) is 0 Å². The molecule has 94 valence electrons. The topological polar surface area (TPSA) is 55.0 Å². The summed E-state index contributed by atoms with van der Waals surface area (Å²) in [7, 11) is 1.87. The first-order valence-electron chi connectivity index (χ1n) is 5.30. The summed E-state index contributed by atoms with van der Waals surface area (Å²) in [6.07, 6.45) is 1.49. The molecule has 4 nitrogen and oxygen atoms in total. The van der Waals surface area contributed by atoms with Crippen LogP contribution >= 0.6 is 23.2 Å². The summed E-state index contributed by atoms with van der Waals surface area (Å²) < 4.78 is 0. The second-order valence-corrected chi connectivity index (χ2v) is 4.66. The van der Waals surface area contributed by atoms with Crippen molar-refractivity contribution in [2.24, 2.45) is 0 Å². The van der Waals surface area contributed by atoms with Gasteiger partial charge in [-0.05, 0) is 11.6 Å². The van der Waals surface area contributed by atoms with E-state index in [0.717, 1.165) is 5.56 Å². The fourth-order valence-electron chi connectivity index (χ4n) is 1.60. The van der Waals surface area contributed by atoms with Gasteiger partial charge in [-0.25, -0.2) is 4.98 Å². The highest BCUT2D eigenvalue weighted by atomic mass is 35.5. The van der Waals surface area contributed by atoms with Gasteiger partial charge in [0.1, 0.15) is 5.02 Å². The lowest BCUT2D eigenvalue weighted by atomic mass is 10.2. The van der Waals surface area contributed by atoms with Gasteiger partial charge in [-0.3, -0.25) is 0 Å². The van der Waals surface area contributed by atoms with Crippen LogP contribution in [-0.4, -0.2) is 17.0 Å². The highest BCUT2D eigenvalue weighted by Crippen LogP contribution is 2.25. The Labute approximate surface area is 115 Å². The third-order valence-corrected chi connectivity index (χ3v) is 3.11. The molecule has 0 aliphatic rings. The molecule has 0 saturated carbocycles. The molecule has 18 heavy (non-hydrogen) atoms. The van der Waals surface area contributed by atoms with Crippen LogP contribution in [0.5, 0.6) is 0 Å². The van der Waals surface area contributed by atoms with Crippen LogP contribution in [0.15, 0.2) is 30.5 Å². The Morgan fingerprint density at radius 3 is 2.67 bits per heavy atom. The van der Waals surface area contributed by atoms with Crippen molar-refractivity contribution >= 4 is 35.0 Å². The van der Waals surface area contributed by atoms with Crippen molar-refractivity contribution in [1.82, 2.24) is 9.97 Å². The van der Waals surface area contributed by atoms with Gasteiger partial charge < -0.3 is 10.6 Å². The monoisotopic (exact) mass is 282 g/mol. The number of aromatic nitrogens is 2. The van der Waals surface area contributed by atoms with Gasteiger partial charge in [0, 0.05) is 18.6 Å². The number of nitrogens with two attached hydrogens (primary N) is 1. The molecule has 0 saturated heterocycles. The zero-order valence-electron chi connectivity index (χ0n) is 9.77. The first kappa shape index (κ1) is 12.9. The van der Waals surface area contributed by atoms with E-state index in [9.17, 15) is 0 Å². The summed E-state index contributed by atoms with van der Waals surface area (Å²) in [5.74, 6) is 0.782. The Balaban J connectivity index is 2.25. The summed E-state index contributed by atoms with van der Waals surface area (Å²) >= 11 is 12.2. The molecule has 2 N–H and O–H groups in total. The summed E-state index contributed by atoms with van der Waals surface area (Å²) in [6, 6.07) is 7.63. The van der Waals surface area contributed by atoms with Crippen molar-refractivity contribution in [2.45, 2.75) is 6.54 Å². The number of hydrogen-bond acceptors (Lipinski definition) is 4. The Kier molecular flexibility index (Phi) is 3.89. The Hall–Kier alpha value is -1.52. The molecule has 2 rings (SSSR count). The number of nitrogen functional groups attached to an aromatic ring is 1. The lowest BCUT2D eigenvalue weighted by Gasteiger charge is -2.19. The molecule has 1 aromatic heterocycles. The summed E-state index contributed by atoms with van der Waals surface area (Å²) in [5.41, 5.74) is 6.55. The van der Waals surface area contributed by atoms with E-state index >= 15 is 0 Å². The van der Waals surface area contributed by atoms with Gasteiger partial charge in [0.05, 0.1) is 6.20 Å². The van der Waals surface area contributed by atoms with Gasteiger partial charge >= 0.3 is 0 Å². The molecule has 2 aromatic rings.